The third-order valence-electron chi connectivity index (χ3n) is 7.88. The Morgan fingerprint density at radius 2 is 1.89 bits per heavy atom. The maximum Gasteiger partial charge on any atom is 0.265 e. The minimum atomic E-state index is -0.743. The topological polar surface area (TPSA) is 83.1 Å². The fourth-order valence-corrected chi connectivity index (χ4v) is 6.09. The number of fused-ring (bicyclic) bond motifs is 3. The van der Waals surface area contributed by atoms with Gasteiger partial charge in [-0.1, -0.05) is 24.8 Å². The van der Waals surface area contributed by atoms with Crippen molar-refractivity contribution >= 4 is 11.6 Å². The van der Waals surface area contributed by atoms with Gasteiger partial charge in [-0.05, 0) is 30.2 Å². The SMILES string of the molecule is C=C1NOC2C1=CC1C=C(N3CCNC(c4ccc(F)cc4)C3)C(F)=C3OC4=C(CCC(=O)C4=O)N2C31. The minimum absolute atomic E-state index is 0.0116. The van der Waals surface area contributed by atoms with E-state index >= 15 is 4.39 Å². The van der Waals surface area contributed by atoms with E-state index in [-0.39, 0.29) is 35.7 Å². The van der Waals surface area contributed by atoms with Gasteiger partial charge in [-0.25, -0.2) is 13.6 Å². The summed E-state index contributed by atoms with van der Waals surface area (Å²) in [5.74, 6) is -2.56. The van der Waals surface area contributed by atoms with E-state index in [0.717, 1.165) is 11.1 Å². The first-order valence-electron chi connectivity index (χ1n) is 12.4. The highest BCUT2D eigenvalue weighted by Crippen LogP contribution is 2.50. The lowest BCUT2D eigenvalue weighted by Crippen LogP contribution is -2.56. The fraction of sp³-hybridized carbons (Fsp3) is 0.333. The van der Waals surface area contributed by atoms with Crippen LogP contribution in [0.4, 0.5) is 8.78 Å². The van der Waals surface area contributed by atoms with Crippen LogP contribution in [0.2, 0.25) is 0 Å². The van der Waals surface area contributed by atoms with Gasteiger partial charge in [-0.3, -0.25) is 15.1 Å². The molecular formula is C27H24F2N4O4. The molecule has 4 aliphatic heterocycles. The average molecular weight is 507 g/mol. The number of ketones is 2. The molecular weight excluding hydrogens is 482 g/mol. The third-order valence-corrected chi connectivity index (χ3v) is 7.88. The molecule has 1 aromatic carbocycles. The Morgan fingerprint density at radius 1 is 1.08 bits per heavy atom. The van der Waals surface area contributed by atoms with Crippen molar-refractivity contribution in [2.75, 3.05) is 19.6 Å². The summed E-state index contributed by atoms with van der Waals surface area (Å²) in [5, 5.41) is 3.42. The summed E-state index contributed by atoms with van der Waals surface area (Å²) in [6.07, 6.45) is 3.67. The fourth-order valence-electron chi connectivity index (χ4n) is 6.09. The number of piperazine rings is 1. The zero-order valence-electron chi connectivity index (χ0n) is 19.8. The Balaban J connectivity index is 1.31. The molecule has 0 saturated carbocycles. The van der Waals surface area contributed by atoms with Crippen molar-refractivity contribution in [3.8, 4) is 0 Å². The van der Waals surface area contributed by atoms with Crippen LogP contribution in [-0.2, 0) is 19.2 Å². The Morgan fingerprint density at radius 3 is 2.70 bits per heavy atom. The van der Waals surface area contributed by atoms with E-state index in [4.69, 9.17) is 9.57 Å². The first-order valence-corrected chi connectivity index (χ1v) is 12.4. The van der Waals surface area contributed by atoms with Gasteiger partial charge in [0.15, 0.2) is 23.6 Å². The molecule has 6 aliphatic rings. The summed E-state index contributed by atoms with van der Waals surface area (Å²) in [6.45, 7) is 5.64. The third kappa shape index (κ3) is 3.32. The summed E-state index contributed by atoms with van der Waals surface area (Å²) in [7, 11) is 0. The molecule has 1 aromatic rings. The number of allylic oxidation sites excluding steroid dienone is 3. The molecule has 2 N–H and O–H groups in total. The van der Waals surface area contributed by atoms with Crippen molar-refractivity contribution in [1.82, 2.24) is 20.6 Å². The quantitative estimate of drug-likeness (QED) is 0.593. The number of benzene rings is 1. The van der Waals surface area contributed by atoms with E-state index in [1.54, 1.807) is 12.1 Å². The number of carbonyl (C=O) groups excluding carboxylic acids is 2. The van der Waals surface area contributed by atoms with Crippen molar-refractivity contribution in [2.45, 2.75) is 31.2 Å². The van der Waals surface area contributed by atoms with Gasteiger partial charge in [0.2, 0.25) is 5.78 Å². The number of nitrogens with one attached hydrogen (secondary N) is 2. The second-order valence-electron chi connectivity index (χ2n) is 9.97. The zero-order chi connectivity index (χ0) is 25.4. The summed E-state index contributed by atoms with van der Waals surface area (Å²) >= 11 is 0. The van der Waals surface area contributed by atoms with Gasteiger partial charge in [-0.2, -0.15) is 0 Å². The lowest BCUT2D eigenvalue weighted by Gasteiger charge is -2.50. The number of hydroxylamine groups is 1. The van der Waals surface area contributed by atoms with Gasteiger partial charge >= 0.3 is 0 Å². The van der Waals surface area contributed by atoms with E-state index in [0.29, 0.717) is 43.1 Å². The molecule has 4 atom stereocenters. The Hall–Kier alpha value is -3.76. The van der Waals surface area contributed by atoms with Crippen molar-refractivity contribution in [2.24, 2.45) is 5.92 Å². The van der Waals surface area contributed by atoms with E-state index in [9.17, 15) is 14.0 Å². The monoisotopic (exact) mass is 506 g/mol. The van der Waals surface area contributed by atoms with Crippen molar-refractivity contribution in [3.63, 3.8) is 0 Å². The van der Waals surface area contributed by atoms with E-state index in [2.05, 4.69) is 17.4 Å². The summed E-state index contributed by atoms with van der Waals surface area (Å²) in [5.41, 5.74) is 6.04. The molecule has 4 heterocycles. The van der Waals surface area contributed by atoms with Crippen LogP contribution in [-0.4, -0.2) is 53.3 Å². The molecule has 8 nitrogen and oxygen atoms in total. The Bertz CT molecular complexity index is 1380. The Kier molecular flexibility index (Phi) is 4.93. The van der Waals surface area contributed by atoms with Crippen molar-refractivity contribution in [1.29, 1.82) is 0 Å². The molecule has 2 aliphatic carbocycles. The first-order chi connectivity index (χ1) is 17.9. The normalized spacial score (nSPS) is 30.8. The van der Waals surface area contributed by atoms with Crippen LogP contribution in [0.5, 0.6) is 0 Å². The van der Waals surface area contributed by atoms with Crippen LogP contribution in [0.15, 0.2) is 83.0 Å². The molecule has 2 fully saturated rings. The van der Waals surface area contributed by atoms with E-state index in [1.807, 2.05) is 22.0 Å². The standard InChI is InChI=1S/C27H24F2N4O4/c1-13-17-10-15-11-20(32-9-8-30-18(12-32)14-2-4-16(28)5-3-14)22(29)26-23(15)33(27(17)37-31-13)19-6-7-21(34)24(35)25(19)36-26/h2-5,10-11,15,18,23,27,30-31H,1,6-9,12H2. The first kappa shape index (κ1) is 22.4. The van der Waals surface area contributed by atoms with Gasteiger partial charge in [-0.15, -0.1) is 0 Å². The molecule has 0 amide bonds. The van der Waals surface area contributed by atoms with Crippen LogP contribution in [0.25, 0.3) is 0 Å². The summed E-state index contributed by atoms with van der Waals surface area (Å²) in [6, 6.07) is 5.60. The van der Waals surface area contributed by atoms with Crippen LogP contribution in [0.3, 0.4) is 0 Å². The molecule has 10 heteroatoms. The number of rotatable bonds is 2. The lowest BCUT2D eigenvalue weighted by atomic mass is 9.81. The molecule has 0 radical (unpaired) electrons. The number of ether oxygens (including phenoxy) is 1. The molecule has 2 saturated heterocycles. The highest BCUT2D eigenvalue weighted by atomic mass is 19.1. The maximum absolute atomic E-state index is 16.3. The summed E-state index contributed by atoms with van der Waals surface area (Å²) in [4.78, 5) is 34.6. The van der Waals surface area contributed by atoms with Gasteiger partial charge in [0.1, 0.15) is 11.9 Å². The minimum Gasteiger partial charge on any atom is -0.450 e. The largest absolute Gasteiger partial charge is 0.450 e. The smallest absolute Gasteiger partial charge is 0.265 e. The maximum atomic E-state index is 16.3. The molecule has 190 valence electrons. The van der Waals surface area contributed by atoms with E-state index < -0.39 is 29.7 Å². The highest BCUT2D eigenvalue weighted by molar-refractivity contribution is 6.43. The predicted molar refractivity (Wildman–Crippen MR) is 127 cm³/mol. The molecule has 7 rings (SSSR count). The second-order valence-corrected chi connectivity index (χ2v) is 9.97. The van der Waals surface area contributed by atoms with Crippen LogP contribution < -0.4 is 10.8 Å². The predicted octanol–water partition coefficient (Wildman–Crippen LogP) is 2.63. The number of carbonyl (C=O) groups is 2. The molecule has 4 unspecified atom stereocenters. The van der Waals surface area contributed by atoms with Gasteiger partial charge in [0.05, 0.1) is 17.1 Å². The average Bonchev–Trinajstić information content (AvgIpc) is 3.28. The number of halogens is 2. The number of nitrogens with zero attached hydrogens (tertiary/aromatic N) is 2. The zero-order valence-corrected chi connectivity index (χ0v) is 19.8. The molecule has 0 bridgehead atoms. The van der Waals surface area contributed by atoms with Gasteiger partial charge < -0.3 is 19.9 Å². The highest BCUT2D eigenvalue weighted by Gasteiger charge is 2.53. The van der Waals surface area contributed by atoms with Crippen LogP contribution in [0, 0.1) is 11.7 Å². The van der Waals surface area contributed by atoms with Crippen LogP contribution >= 0.6 is 0 Å². The molecule has 0 spiro atoms. The number of hydrogen-bond acceptors (Lipinski definition) is 8. The van der Waals surface area contributed by atoms with Crippen molar-refractivity contribution < 1.29 is 27.9 Å². The van der Waals surface area contributed by atoms with Gasteiger partial charge in [0, 0.05) is 43.6 Å². The Labute approximate surface area is 211 Å². The van der Waals surface area contributed by atoms with E-state index in [1.165, 1.54) is 12.1 Å². The van der Waals surface area contributed by atoms with Crippen LogP contribution in [0.1, 0.15) is 24.4 Å². The number of hydrogen-bond donors (Lipinski definition) is 2. The molecule has 37 heavy (non-hydrogen) atoms. The summed E-state index contributed by atoms with van der Waals surface area (Å²) < 4.78 is 35.7. The van der Waals surface area contributed by atoms with Gasteiger partial charge in [0.25, 0.3) is 5.78 Å². The lowest BCUT2D eigenvalue weighted by molar-refractivity contribution is -0.139. The molecule has 0 aromatic heterocycles. The van der Waals surface area contributed by atoms with Crippen molar-refractivity contribution in [3.05, 3.63) is 94.4 Å². The number of Topliss-reactive ketones (excluding diaryl/α,β-unsaturated/α-hetero) is 2. The second kappa shape index (κ2) is 8.12.